The van der Waals surface area contributed by atoms with Crippen molar-refractivity contribution in [2.45, 2.75) is 16.9 Å². The quantitative estimate of drug-likeness (QED) is 0.687. The zero-order valence-corrected chi connectivity index (χ0v) is 15.5. The lowest BCUT2D eigenvalue weighted by Gasteiger charge is -2.20. The summed E-state index contributed by atoms with van der Waals surface area (Å²) in [6.07, 6.45) is -1.71. The molecule has 2 aromatic carbocycles. The molecule has 2 N–H and O–H groups in total. The molecule has 11 heteroatoms. The Morgan fingerprint density at radius 1 is 1.11 bits per heavy atom. The summed E-state index contributed by atoms with van der Waals surface area (Å²) in [6.45, 7) is 0. The Kier molecular flexibility index (Phi) is 4.32. The molecule has 0 aliphatic carbocycles. The summed E-state index contributed by atoms with van der Waals surface area (Å²) in [5.74, 6) is -0.548. The molecule has 0 amide bonds. The molecule has 0 fully saturated rings. The minimum absolute atomic E-state index is 0.0946. The number of primary sulfonamides is 1. The van der Waals surface area contributed by atoms with Crippen molar-refractivity contribution in [3.8, 4) is 0 Å². The van der Waals surface area contributed by atoms with Gasteiger partial charge in [0.15, 0.2) is 5.54 Å². The van der Waals surface area contributed by atoms with Gasteiger partial charge >= 0.3 is 0 Å². The highest BCUT2D eigenvalue weighted by Crippen LogP contribution is 2.45. The molecule has 0 saturated carbocycles. The number of sulfonamides is 1. The molecule has 0 spiro atoms. The highest BCUT2D eigenvalue weighted by atomic mass is 32.2. The second-order valence-electron chi connectivity index (χ2n) is 6.01. The molecule has 0 radical (unpaired) electrons. The molecule has 3 aromatic rings. The molecule has 6 nitrogen and oxygen atoms in total. The van der Waals surface area contributed by atoms with E-state index in [1.165, 1.54) is 36.4 Å². The molecular formula is C17H11F3N4O2S2. The van der Waals surface area contributed by atoms with Crippen LogP contribution < -0.4 is 5.14 Å². The van der Waals surface area contributed by atoms with E-state index in [1.807, 2.05) is 0 Å². The van der Waals surface area contributed by atoms with Crippen LogP contribution in [0.4, 0.5) is 13.2 Å². The Labute approximate surface area is 161 Å². The van der Waals surface area contributed by atoms with E-state index in [2.05, 4.69) is 15.2 Å². The predicted octanol–water partition coefficient (Wildman–Crippen LogP) is 3.94. The van der Waals surface area contributed by atoms with Crippen LogP contribution in [-0.2, 0) is 15.6 Å². The first-order valence-electron chi connectivity index (χ1n) is 7.83. The van der Waals surface area contributed by atoms with Gasteiger partial charge in [-0.1, -0.05) is 18.2 Å². The van der Waals surface area contributed by atoms with E-state index in [4.69, 9.17) is 5.14 Å². The van der Waals surface area contributed by atoms with E-state index in [0.717, 1.165) is 17.4 Å². The van der Waals surface area contributed by atoms with Crippen molar-refractivity contribution in [1.29, 1.82) is 0 Å². The number of azo groups is 1. The fraction of sp³-hybridized carbons (Fsp3) is 0.118. The minimum atomic E-state index is -3.93. The van der Waals surface area contributed by atoms with Gasteiger partial charge in [0.25, 0.3) is 6.43 Å². The van der Waals surface area contributed by atoms with Gasteiger partial charge in [-0.05, 0) is 35.9 Å². The highest BCUT2D eigenvalue weighted by molar-refractivity contribution is 7.89. The van der Waals surface area contributed by atoms with Crippen molar-refractivity contribution < 1.29 is 21.6 Å². The van der Waals surface area contributed by atoms with E-state index >= 15 is 0 Å². The average Bonchev–Trinajstić information content (AvgIpc) is 3.27. The van der Waals surface area contributed by atoms with E-state index in [1.54, 1.807) is 6.07 Å². The van der Waals surface area contributed by atoms with Crippen LogP contribution in [0.25, 0.3) is 10.2 Å². The smallest absolute Gasteiger partial charge is 0.235 e. The summed E-state index contributed by atoms with van der Waals surface area (Å²) >= 11 is 1.09. The van der Waals surface area contributed by atoms with Gasteiger partial charge in [0.05, 0.1) is 9.60 Å². The number of halogens is 3. The average molecular weight is 424 g/mol. The first kappa shape index (κ1) is 18.7. The fourth-order valence-electron chi connectivity index (χ4n) is 2.86. The van der Waals surface area contributed by atoms with E-state index in [0.29, 0.717) is 10.3 Å². The standard InChI is InChI=1S/C17H11F3N4O2S2/c18-11-2-1-3-13-14(11)22-16(27-13)17(8-12(15(19)20)23-24-17)9-4-6-10(7-5-9)28(21,25)26/h1-8,15H,(H2,21,25,26). The third-order valence-electron chi connectivity index (χ3n) is 4.22. The van der Waals surface area contributed by atoms with Gasteiger partial charge in [-0.25, -0.2) is 31.7 Å². The normalized spacial score (nSPS) is 19.5. The maximum atomic E-state index is 14.1. The Balaban J connectivity index is 1.93. The van der Waals surface area contributed by atoms with Gasteiger partial charge in [-0.15, -0.1) is 11.3 Å². The number of nitrogens with two attached hydrogens (primary N) is 1. The summed E-state index contributed by atoms with van der Waals surface area (Å²) < 4.78 is 64.0. The Morgan fingerprint density at radius 2 is 1.82 bits per heavy atom. The van der Waals surface area contributed by atoms with Crippen molar-refractivity contribution in [3.63, 3.8) is 0 Å². The van der Waals surface area contributed by atoms with E-state index in [-0.39, 0.29) is 15.4 Å². The molecule has 1 aromatic heterocycles. The monoisotopic (exact) mass is 424 g/mol. The summed E-state index contributed by atoms with van der Waals surface area (Å²) in [6, 6.07) is 9.69. The molecule has 0 bridgehead atoms. The Morgan fingerprint density at radius 3 is 2.39 bits per heavy atom. The summed E-state index contributed by atoms with van der Waals surface area (Å²) in [5.41, 5.74) is -1.62. The Bertz CT molecular complexity index is 1240. The zero-order chi connectivity index (χ0) is 20.1. The first-order valence-corrected chi connectivity index (χ1v) is 10.2. The second kappa shape index (κ2) is 6.47. The minimum Gasteiger partial charge on any atom is -0.235 e. The predicted molar refractivity (Wildman–Crippen MR) is 97.1 cm³/mol. The van der Waals surface area contributed by atoms with Crippen LogP contribution >= 0.6 is 11.3 Å². The molecule has 1 aliphatic heterocycles. The number of para-hydroxylation sites is 1. The molecule has 0 saturated heterocycles. The van der Waals surface area contributed by atoms with Crippen molar-refractivity contribution >= 4 is 31.6 Å². The van der Waals surface area contributed by atoms with Crippen LogP contribution in [0, 0.1) is 5.82 Å². The highest BCUT2D eigenvalue weighted by Gasteiger charge is 2.41. The lowest BCUT2D eigenvalue weighted by Crippen LogP contribution is -2.21. The molecule has 1 unspecified atom stereocenters. The van der Waals surface area contributed by atoms with Crippen molar-refractivity contribution in [1.82, 2.24) is 4.98 Å². The summed E-state index contributed by atoms with van der Waals surface area (Å²) in [7, 11) is -3.93. The van der Waals surface area contributed by atoms with Crippen LogP contribution in [0.2, 0.25) is 0 Å². The van der Waals surface area contributed by atoms with Crippen LogP contribution in [-0.4, -0.2) is 19.8 Å². The molecule has 1 atom stereocenters. The number of hydrogen-bond acceptors (Lipinski definition) is 6. The third kappa shape index (κ3) is 3.01. The van der Waals surface area contributed by atoms with E-state index < -0.39 is 33.5 Å². The number of benzene rings is 2. The number of alkyl halides is 2. The number of rotatable bonds is 4. The number of fused-ring (bicyclic) bond motifs is 1. The number of aromatic nitrogens is 1. The number of nitrogens with zero attached hydrogens (tertiary/aromatic N) is 3. The maximum absolute atomic E-state index is 14.1. The SMILES string of the molecule is NS(=O)(=O)c1ccc(C2(c3nc4c(F)cccc4s3)C=C(C(F)F)N=N2)cc1. The number of thiazole rings is 1. The Hall–Kier alpha value is -2.63. The largest absolute Gasteiger partial charge is 0.281 e. The van der Waals surface area contributed by atoms with Crippen LogP contribution in [0.5, 0.6) is 0 Å². The van der Waals surface area contributed by atoms with Crippen LogP contribution in [0.15, 0.2) is 69.4 Å². The van der Waals surface area contributed by atoms with Crippen LogP contribution in [0.1, 0.15) is 10.6 Å². The van der Waals surface area contributed by atoms with Gasteiger partial charge in [0, 0.05) is 0 Å². The van der Waals surface area contributed by atoms with Crippen molar-refractivity contribution in [3.05, 3.63) is 70.6 Å². The van der Waals surface area contributed by atoms with E-state index in [9.17, 15) is 21.6 Å². The van der Waals surface area contributed by atoms with Gasteiger partial charge in [0.2, 0.25) is 10.0 Å². The molecule has 2 heterocycles. The fourth-order valence-corrected chi connectivity index (χ4v) is 4.48. The second-order valence-corrected chi connectivity index (χ2v) is 8.60. The third-order valence-corrected chi connectivity index (χ3v) is 6.30. The lowest BCUT2D eigenvalue weighted by molar-refractivity contribution is 0.188. The molecule has 4 rings (SSSR count). The molecule has 144 valence electrons. The summed E-state index contributed by atoms with van der Waals surface area (Å²) in [5, 5.41) is 12.9. The summed E-state index contributed by atoms with van der Waals surface area (Å²) in [4.78, 5) is 4.12. The maximum Gasteiger partial charge on any atom is 0.281 e. The van der Waals surface area contributed by atoms with Crippen molar-refractivity contribution in [2.75, 3.05) is 0 Å². The lowest BCUT2D eigenvalue weighted by atomic mass is 9.91. The first-order chi connectivity index (χ1) is 13.2. The molecule has 1 aliphatic rings. The molecular weight excluding hydrogens is 413 g/mol. The molecule has 28 heavy (non-hydrogen) atoms. The number of hydrogen-bond donors (Lipinski definition) is 1. The van der Waals surface area contributed by atoms with Gasteiger partial charge < -0.3 is 0 Å². The topological polar surface area (TPSA) is 97.8 Å². The zero-order valence-electron chi connectivity index (χ0n) is 13.9. The van der Waals surface area contributed by atoms with Gasteiger partial charge in [-0.2, -0.15) is 10.2 Å². The van der Waals surface area contributed by atoms with Gasteiger partial charge in [-0.3, -0.25) is 0 Å². The number of allylic oxidation sites excluding steroid dienone is 1. The van der Waals surface area contributed by atoms with Crippen molar-refractivity contribution in [2.24, 2.45) is 15.4 Å². The van der Waals surface area contributed by atoms with Crippen LogP contribution in [0.3, 0.4) is 0 Å². The van der Waals surface area contributed by atoms with Gasteiger partial charge in [0.1, 0.15) is 22.0 Å².